The van der Waals surface area contributed by atoms with Gasteiger partial charge in [0.25, 0.3) is 0 Å². The first-order valence-electron chi connectivity index (χ1n) is 11.7. The third-order valence-corrected chi connectivity index (χ3v) is 7.10. The van der Waals surface area contributed by atoms with E-state index in [1.54, 1.807) is 6.07 Å². The molecule has 4 aromatic carbocycles. The molecule has 1 N–H and O–H groups in total. The minimum absolute atomic E-state index is 0.0523. The molecule has 0 saturated carbocycles. The summed E-state index contributed by atoms with van der Waals surface area (Å²) in [5.41, 5.74) is 6.15. The van der Waals surface area contributed by atoms with Crippen molar-refractivity contribution in [3.63, 3.8) is 0 Å². The molecule has 5 heteroatoms. The zero-order valence-electron chi connectivity index (χ0n) is 20.1. The molecule has 3 unspecified atom stereocenters. The van der Waals surface area contributed by atoms with Gasteiger partial charge in [0.15, 0.2) is 0 Å². The van der Waals surface area contributed by atoms with E-state index in [4.69, 9.17) is 4.18 Å². The Kier molecular flexibility index (Phi) is 7.39. The molecule has 0 aromatic heterocycles. The molecule has 4 nitrogen and oxygen atoms in total. The standard InChI is InChI=1S/C30H30O4S/c1-21(24-13-7-4-8-14-24)27-19-20-28(34-35(31,32)33)30(23(3)26-17-11-6-12-18-26)29(27)22(2)25-15-9-5-10-16-25/h4-23H,1-3H3,(H,31,32,33). The maximum atomic E-state index is 11.8. The summed E-state index contributed by atoms with van der Waals surface area (Å²) in [5, 5.41) is 0. The summed E-state index contributed by atoms with van der Waals surface area (Å²) in [4.78, 5) is 0. The molecule has 35 heavy (non-hydrogen) atoms. The first kappa shape index (κ1) is 24.7. The van der Waals surface area contributed by atoms with Crippen molar-refractivity contribution in [3.05, 3.63) is 137 Å². The second-order valence-electron chi connectivity index (χ2n) is 8.89. The Morgan fingerprint density at radius 1 is 0.571 bits per heavy atom. The Labute approximate surface area is 208 Å². The van der Waals surface area contributed by atoms with Crippen LogP contribution in [0.3, 0.4) is 0 Å². The van der Waals surface area contributed by atoms with Crippen LogP contribution < -0.4 is 4.18 Å². The van der Waals surface area contributed by atoms with Gasteiger partial charge in [-0.1, -0.05) is 118 Å². The summed E-state index contributed by atoms with van der Waals surface area (Å²) in [6, 6.07) is 33.9. The second-order valence-corrected chi connectivity index (χ2v) is 9.91. The Hall–Kier alpha value is -3.41. The summed E-state index contributed by atoms with van der Waals surface area (Å²) in [5.74, 6) is -0.0370. The van der Waals surface area contributed by atoms with E-state index < -0.39 is 10.4 Å². The van der Waals surface area contributed by atoms with Crippen LogP contribution in [0.25, 0.3) is 0 Å². The minimum atomic E-state index is -4.71. The van der Waals surface area contributed by atoms with Crippen LogP contribution >= 0.6 is 0 Å². The van der Waals surface area contributed by atoms with Gasteiger partial charge in [0.05, 0.1) is 0 Å². The van der Waals surface area contributed by atoms with Crippen molar-refractivity contribution in [2.75, 3.05) is 0 Å². The van der Waals surface area contributed by atoms with Crippen LogP contribution in [0.15, 0.2) is 103 Å². The average Bonchev–Trinajstić information content (AvgIpc) is 2.88. The topological polar surface area (TPSA) is 63.6 Å². The smallest absolute Gasteiger partial charge is 0.361 e. The molecule has 0 aliphatic rings. The third-order valence-electron chi connectivity index (χ3n) is 6.71. The van der Waals surface area contributed by atoms with E-state index in [9.17, 15) is 13.0 Å². The Morgan fingerprint density at radius 2 is 0.971 bits per heavy atom. The van der Waals surface area contributed by atoms with E-state index in [0.717, 1.165) is 33.4 Å². The van der Waals surface area contributed by atoms with Crippen molar-refractivity contribution in [1.82, 2.24) is 0 Å². The quantitative estimate of drug-likeness (QED) is 0.265. The molecule has 0 fully saturated rings. The molecule has 0 amide bonds. The molecule has 3 atom stereocenters. The normalized spacial score (nSPS) is 14.2. The van der Waals surface area contributed by atoms with Crippen LogP contribution in [-0.4, -0.2) is 13.0 Å². The minimum Gasteiger partial charge on any atom is -0.361 e. The van der Waals surface area contributed by atoms with Crippen molar-refractivity contribution in [2.45, 2.75) is 38.5 Å². The SMILES string of the molecule is CC(c1ccccc1)c1ccc(OS(=O)(=O)O)c(C(C)c2ccccc2)c1C(C)c1ccccc1. The molecular formula is C30H30O4S. The molecule has 4 rings (SSSR count). The van der Waals surface area contributed by atoms with Crippen molar-refractivity contribution in [3.8, 4) is 5.75 Å². The van der Waals surface area contributed by atoms with Crippen LogP contribution in [0.1, 0.15) is 71.9 Å². The highest BCUT2D eigenvalue weighted by Crippen LogP contribution is 2.44. The van der Waals surface area contributed by atoms with E-state index >= 15 is 0 Å². The summed E-state index contributed by atoms with van der Waals surface area (Å²) in [6.45, 7) is 6.33. The fourth-order valence-corrected chi connectivity index (χ4v) is 5.24. The van der Waals surface area contributed by atoms with Gasteiger partial charge < -0.3 is 4.18 Å². The van der Waals surface area contributed by atoms with E-state index in [2.05, 4.69) is 38.1 Å². The highest BCUT2D eigenvalue weighted by atomic mass is 32.3. The zero-order valence-corrected chi connectivity index (χ0v) is 20.9. The first-order valence-corrected chi connectivity index (χ1v) is 13.1. The fraction of sp³-hybridized carbons (Fsp3) is 0.200. The highest BCUT2D eigenvalue weighted by molar-refractivity contribution is 7.81. The van der Waals surface area contributed by atoms with Crippen LogP contribution in [0.4, 0.5) is 0 Å². The Bertz CT molecular complexity index is 1370. The van der Waals surface area contributed by atoms with Gasteiger partial charge in [0, 0.05) is 23.3 Å². The van der Waals surface area contributed by atoms with Gasteiger partial charge in [-0.3, -0.25) is 4.55 Å². The van der Waals surface area contributed by atoms with E-state index in [1.807, 2.05) is 79.7 Å². The lowest BCUT2D eigenvalue weighted by Crippen LogP contribution is -2.16. The van der Waals surface area contributed by atoms with Gasteiger partial charge in [-0.25, -0.2) is 0 Å². The zero-order chi connectivity index (χ0) is 25.0. The number of rotatable bonds is 8. The molecule has 0 aliphatic heterocycles. The fourth-order valence-electron chi connectivity index (χ4n) is 4.86. The van der Waals surface area contributed by atoms with Crippen LogP contribution in [0.5, 0.6) is 5.75 Å². The molecule has 0 bridgehead atoms. The predicted molar refractivity (Wildman–Crippen MR) is 140 cm³/mol. The summed E-state index contributed by atoms with van der Waals surface area (Å²) < 4.78 is 38.4. The molecule has 0 spiro atoms. The van der Waals surface area contributed by atoms with Gasteiger partial charge in [-0.2, -0.15) is 8.42 Å². The van der Waals surface area contributed by atoms with Crippen molar-refractivity contribution in [2.24, 2.45) is 0 Å². The average molecular weight is 487 g/mol. The van der Waals surface area contributed by atoms with E-state index in [0.29, 0.717) is 0 Å². The second kappa shape index (κ2) is 10.5. The molecule has 4 aromatic rings. The van der Waals surface area contributed by atoms with Crippen LogP contribution in [0.2, 0.25) is 0 Å². The first-order chi connectivity index (χ1) is 16.8. The van der Waals surface area contributed by atoms with Crippen molar-refractivity contribution >= 4 is 10.4 Å². The van der Waals surface area contributed by atoms with Gasteiger partial charge in [0.1, 0.15) is 5.75 Å². The highest BCUT2D eigenvalue weighted by Gasteiger charge is 2.29. The van der Waals surface area contributed by atoms with Crippen molar-refractivity contribution < 1.29 is 17.2 Å². The molecule has 0 saturated heterocycles. The van der Waals surface area contributed by atoms with E-state index in [-0.39, 0.29) is 23.5 Å². The maximum absolute atomic E-state index is 11.8. The number of hydrogen-bond acceptors (Lipinski definition) is 3. The van der Waals surface area contributed by atoms with E-state index in [1.165, 1.54) is 0 Å². The lowest BCUT2D eigenvalue weighted by atomic mass is 9.76. The van der Waals surface area contributed by atoms with Crippen molar-refractivity contribution in [1.29, 1.82) is 0 Å². The molecule has 0 heterocycles. The Morgan fingerprint density at radius 3 is 1.40 bits per heavy atom. The molecule has 0 aliphatic carbocycles. The summed E-state index contributed by atoms with van der Waals surface area (Å²) >= 11 is 0. The Balaban J connectivity index is 2.02. The van der Waals surface area contributed by atoms with Gasteiger partial charge in [0.2, 0.25) is 0 Å². The monoisotopic (exact) mass is 486 g/mol. The van der Waals surface area contributed by atoms with Gasteiger partial charge in [-0.05, 0) is 33.9 Å². The van der Waals surface area contributed by atoms with Crippen LogP contribution in [-0.2, 0) is 10.4 Å². The van der Waals surface area contributed by atoms with Crippen LogP contribution in [0, 0.1) is 0 Å². The number of benzene rings is 4. The lowest BCUT2D eigenvalue weighted by Gasteiger charge is -2.29. The lowest BCUT2D eigenvalue weighted by molar-refractivity contribution is 0.384. The van der Waals surface area contributed by atoms with Gasteiger partial charge >= 0.3 is 10.4 Å². The maximum Gasteiger partial charge on any atom is 0.446 e. The molecule has 0 radical (unpaired) electrons. The largest absolute Gasteiger partial charge is 0.446 e. The van der Waals surface area contributed by atoms with Gasteiger partial charge in [-0.15, -0.1) is 0 Å². The predicted octanol–water partition coefficient (Wildman–Crippen LogP) is 7.32. The molecular weight excluding hydrogens is 456 g/mol. The summed E-state index contributed by atoms with van der Waals surface area (Å²) in [6.07, 6.45) is 0. The molecule has 180 valence electrons. The number of hydrogen-bond donors (Lipinski definition) is 1. The summed E-state index contributed by atoms with van der Waals surface area (Å²) in [7, 11) is -4.71. The third kappa shape index (κ3) is 5.64.